The molecule has 1 aromatic carbocycles. The van der Waals surface area contributed by atoms with E-state index in [9.17, 15) is 9.59 Å². The number of benzene rings is 1. The van der Waals surface area contributed by atoms with Crippen molar-refractivity contribution in [3.63, 3.8) is 0 Å². The molecule has 2 aliphatic rings. The van der Waals surface area contributed by atoms with Crippen LogP contribution in [0.15, 0.2) is 30.3 Å². The summed E-state index contributed by atoms with van der Waals surface area (Å²) in [4.78, 5) is 25.4. The molecule has 0 aromatic heterocycles. The van der Waals surface area contributed by atoms with Crippen molar-refractivity contribution < 1.29 is 14.3 Å². The van der Waals surface area contributed by atoms with E-state index in [2.05, 4.69) is 17.4 Å². The Morgan fingerprint density at radius 1 is 1.16 bits per heavy atom. The van der Waals surface area contributed by atoms with Gasteiger partial charge in [-0.1, -0.05) is 30.3 Å². The van der Waals surface area contributed by atoms with Crippen LogP contribution in [0.5, 0.6) is 0 Å². The lowest BCUT2D eigenvalue weighted by molar-refractivity contribution is -0.123. The van der Waals surface area contributed by atoms with Gasteiger partial charge in [0.25, 0.3) is 0 Å². The van der Waals surface area contributed by atoms with Crippen molar-refractivity contribution in [1.29, 1.82) is 0 Å². The topological polar surface area (TPSA) is 84.7 Å². The van der Waals surface area contributed by atoms with Gasteiger partial charge < -0.3 is 20.7 Å². The van der Waals surface area contributed by atoms with Crippen molar-refractivity contribution in [1.82, 2.24) is 10.2 Å². The van der Waals surface area contributed by atoms with E-state index >= 15 is 0 Å². The van der Waals surface area contributed by atoms with Crippen LogP contribution in [-0.2, 0) is 9.53 Å². The third-order valence-electron chi connectivity index (χ3n) is 5.27. The van der Waals surface area contributed by atoms with Gasteiger partial charge in [-0.05, 0) is 31.2 Å². The number of nitrogens with two attached hydrogens (primary N) is 1. The third-order valence-corrected chi connectivity index (χ3v) is 5.27. The van der Waals surface area contributed by atoms with E-state index in [1.54, 1.807) is 4.90 Å². The van der Waals surface area contributed by atoms with Gasteiger partial charge in [-0.2, -0.15) is 0 Å². The summed E-state index contributed by atoms with van der Waals surface area (Å²) in [6.45, 7) is 2.55. The molecule has 0 unspecified atom stereocenters. The minimum Gasteiger partial charge on any atom is -0.373 e. The lowest BCUT2D eigenvalue weighted by Gasteiger charge is -2.34. The summed E-state index contributed by atoms with van der Waals surface area (Å²) >= 11 is 0. The second-order valence-electron chi connectivity index (χ2n) is 6.95. The average Bonchev–Trinajstić information content (AvgIpc) is 2.67. The number of carbonyl (C=O) groups excluding carboxylic acids is 2. The first-order valence-electron chi connectivity index (χ1n) is 9.14. The first-order valence-corrected chi connectivity index (χ1v) is 9.14. The fraction of sp³-hybridized carbons (Fsp3) is 0.579. The number of nitrogens with one attached hydrogen (secondary N) is 1. The smallest absolute Gasteiger partial charge is 0.317 e. The fourth-order valence-electron chi connectivity index (χ4n) is 3.76. The second-order valence-corrected chi connectivity index (χ2v) is 6.95. The molecule has 2 saturated heterocycles. The Labute approximate surface area is 148 Å². The van der Waals surface area contributed by atoms with Gasteiger partial charge in [-0.15, -0.1) is 0 Å². The Morgan fingerprint density at radius 3 is 2.56 bits per heavy atom. The number of likely N-dealkylation sites (tertiary alicyclic amines) is 1. The zero-order valence-corrected chi connectivity index (χ0v) is 14.5. The number of hydrogen-bond donors (Lipinski definition) is 2. The molecule has 0 bridgehead atoms. The van der Waals surface area contributed by atoms with Crippen molar-refractivity contribution in [3.8, 4) is 0 Å². The minimum absolute atomic E-state index is 0.0378. The molecule has 0 saturated carbocycles. The number of amides is 3. The van der Waals surface area contributed by atoms with Gasteiger partial charge in [0.2, 0.25) is 5.91 Å². The largest absolute Gasteiger partial charge is 0.373 e. The van der Waals surface area contributed by atoms with Crippen molar-refractivity contribution in [3.05, 3.63) is 35.9 Å². The summed E-state index contributed by atoms with van der Waals surface area (Å²) in [6.07, 6.45) is 3.41. The Kier molecular flexibility index (Phi) is 5.91. The highest BCUT2D eigenvalue weighted by atomic mass is 16.5. The van der Waals surface area contributed by atoms with Crippen LogP contribution in [0.1, 0.15) is 37.4 Å². The van der Waals surface area contributed by atoms with Crippen LogP contribution in [0.2, 0.25) is 0 Å². The van der Waals surface area contributed by atoms with Gasteiger partial charge in [0, 0.05) is 38.1 Å². The van der Waals surface area contributed by atoms with E-state index in [0.717, 1.165) is 19.4 Å². The normalized spacial score (nSPS) is 24.7. The summed E-state index contributed by atoms with van der Waals surface area (Å²) in [5, 5.41) is 3.06. The predicted molar refractivity (Wildman–Crippen MR) is 94.7 cm³/mol. The summed E-state index contributed by atoms with van der Waals surface area (Å²) in [5.41, 5.74) is 6.51. The maximum Gasteiger partial charge on any atom is 0.317 e. The monoisotopic (exact) mass is 345 g/mol. The molecular formula is C19H27N3O3. The molecule has 2 aliphatic heterocycles. The maximum atomic E-state index is 12.4. The standard InChI is InChI=1S/C19H27N3O3/c20-18(23)15-8-10-22(11-9-15)19(24)21-13-16-7-4-12-25-17(16)14-5-2-1-3-6-14/h1-3,5-6,15-17H,4,7-13H2,(H2,20,23)(H,21,24)/t16-,17+/m1/s1. The first-order chi connectivity index (χ1) is 12.1. The predicted octanol–water partition coefficient (Wildman–Crippen LogP) is 2.06. The van der Waals surface area contributed by atoms with Gasteiger partial charge in [-0.3, -0.25) is 4.79 Å². The van der Waals surface area contributed by atoms with Gasteiger partial charge in [0.1, 0.15) is 0 Å². The summed E-state index contributed by atoms with van der Waals surface area (Å²) in [5.74, 6) is -0.0772. The van der Waals surface area contributed by atoms with Crippen molar-refractivity contribution >= 4 is 11.9 Å². The molecule has 2 heterocycles. The molecule has 0 spiro atoms. The van der Waals surface area contributed by atoms with E-state index in [1.165, 1.54) is 5.56 Å². The van der Waals surface area contributed by atoms with Crippen molar-refractivity contribution in [2.75, 3.05) is 26.2 Å². The average molecular weight is 345 g/mol. The Hall–Kier alpha value is -2.08. The molecule has 1 aromatic rings. The summed E-state index contributed by atoms with van der Waals surface area (Å²) < 4.78 is 5.98. The van der Waals surface area contributed by atoms with E-state index in [1.807, 2.05) is 18.2 Å². The third kappa shape index (κ3) is 4.51. The van der Waals surface area contributed by atoms with Gasteiger partial charge >= 0.3 is 6.03 Å². The first kappa shape index (κ1) is 17.7. The lowest BCUT2D eigenvalue weighted by atomic mass is 9.89. The van der Waals surface area contributed by atoms with Crippen LogP contribution in [0.4, 0.5) is 4.79 Å². The van der Waals surface area contributed by atoms with Crippen molar-refractivity contribution in [2.45, 2.75) is 31.8 Å². The molecule has 3 amide bonds. The quantitative estimate of drug-likeness (QED) is 0.876. The SMILES string of the molecule is NC(=O)C1CCN(C(=O)NC[C@H]2CCCO[C@H]2c2ccccc2)CC1. The lowest BCUT2D eigenvalue weighted by Crippen LogP contribution is -2.47. The minimum atomic E-state index is -0.259. The van der Waals surface area contributed by atoms with E-state index in [0.29, 0.717) is 32.5 Å². The number of rotatable bonds is 4. The van der Waals surface area contributed by atoms with Crippen LogP contribution in [0.25, 0.3) is 0 Å². The van der Waals surface area contributed by atoms with Gasteiger partial charge in [0.05, 0.1) is 6.10 Å². The fourth-order valence-corrected chi connectivity index (χ4v) is 3.76. The van der Waals surface area contributed by atoms with Gasteiger partial charge in [-0.25, -0.2) is 4.79 Å². The number of nitrogens with zero attached hydrogens (tertiary/aromatic N) is 1. The highest BCUT2D eigenvalue weighted by Crippen LogP contribution is 2.33. The van der Waals surface area contributed by atoms with Crippen molar-refractivity contribution in [2.24, 2.45) is 17.6 Å². The van der Waals surface area contributed by atoms with E-state index in [-0.39, 0.29) is 29.9 Å². The summed E-state index contributed by atoms with van der Waals surface area (Å²) in [6, 6.07) is 10.1. The summed E-state index contributed by atoms with van der Waals surface area (Å²) in [7, 11) is 0. The number of ether oxygens (including phenoxy) is 1. The van der Waals surface area contributed by atoms with Gasteiger partial charge in [0.15, 0.2) is 0 Å². The van der Waals surface area contributed by atoms with E-state index in [4.69, 9.17) is 10.5 Å². The molecular weight excluding hydrogens is 318 g/mol. The molecule has 6 heteroatoms. The van der Waals surface area contributed by atoms with Crippen LogP contribution in [0, 0.1) is 11.8 Å². The van der Waals surface area contributed by atoms with Crippen LogP contribution < -0.4 is 11.1 Å². The number of primary amides is 1. The zero-order valence-electron chi connectivity index (χ0n) is 14.5. The highest BCUT2D eigenvalue weighted by molar-refractivity contribution is 5.78. The molecule has 6 nitrogen and oxygen atoms in total. The highest BCUT2D eigenvalue weighted by Gasteiger charge is 2.29. The zero-order chi connectivity index (χ0) is 17.6. The number of urea groups is 1. The molecule has 136 valence electrons. The molecule has 0 radical (unpaired) electrons. The number of hydrogen-bond acceptors (Lipinski definition) is 3. The Balaban J connectivity index is 1.51. The van der Waals surface area contributed by atoms with Crippen LogP contribution in [-0.4, -0.2) is 43.1 Å². The molecule has 25 heavy (non-hydrogen) atoms. The number of carbonyl (C=O) groups is 2. The van der Waals surface area contributed by atoms with Crippen LogP contribution >= 0.6 is 0 Å². The van der Waals surface area contributed by atoms with Crippen LogP contribution in [0.3, 0.4) is 0 Å². The molecule has 3 rings (SSSR count). The molecule has 3 N–H and O–H groups in total. The maximum absolute atomic E-state index is 12.4. The Morgan fingerprint density at radius 2 is 1.88 bits per heavy atom. The second kappa shape index (κ2) is 8.34. The Bertz CT molecular complexity index is 585. The number of piperidine rings is 1. The molecule has 2 atom stereocenters. The molecule has 0 aliphatic carbocycles. The van der Waals surface area contributed by atoms with E-state index < -0.39 is 0 Å². The molecule has 2 fully saturated rings.